The quantitative estimate of drug-likeness (QED) is 0.273. The van der Waals surface area contributed by atoms with Crippen molar-refractivity contribution < 1.29 is 19.4 Å². The molecule has 7 heteroatoms. The van der Waals surface area contributed by atoms with Gasteiger partial charge in [-0.1, -0.05) is 57.4 Å². The van der Waals surface area contributed by atoms with E-state index in [0.717, 1.165) is 53.4 Å². The number of para-hydroxylation sites is 1. The van der Waals surface area contributed by atoms with E-state index in [1.807, 2.05) is 12.1 Å². The van der Waals surface area contributed by atoms with Crippen molar-refractivity contribution in [2.75, 3.05) is 7.11 Å². The second-order valence-corrected chi connectivity index (χ2v) is 11.3. The highest BCUT2D eigenvalue weighted by Crippen LogP contribution is 2.47. The van der Waals surface area contributed by atoms with Gasteiger partial charge in [0.1, 0.15) is 5.69 Å². The summed E-state index contributed by atoms with van der Waals surface area (Å²) in [6.07, 6.45) is 6.78. The summed E-state index contributed by atoms with van der Waals surface area (Å²) in [6.45, 7) is 6.03. The van der Waals surface area contributed by atoms with Crippen LogP contribution in [-0.4, -0.2) is 39.3 Å². The summed E-state index contributed by atoms with van der Waals surface area (Å²) in [4.78, 5) is 25.2. The third-order valence-electron chi connectivity index (χ3n) is 8.63. The molecule has 1 fully saturated rings. The maximum absolute atomic E-state index is 12.7. The topological polar surface area (TPSA) is 85.5 Å². The largest absolute Gasteiger partial charge is 0.477 e. The number of ether oxygens (including phenoxy) is 1. The summed E-state index contributed by atoms with van der Waals surface area (Å²) in [5.41, 5.74) is 7.48. The molecule has 2 aromatic heterocycles. The molecule has 0 radical (unpaired) electrons. The first-order valence-electron chi connectivity index (χ1n) is 14.3. The van der Waals surface area contributed by atoms with Crippen LogP contribution in [0.3, 0.4) is 0 Å². The molecule has 2 aromatic carbocycles. The van der Waals surface area contributed by atoms with Crippen molar-refractivity contribution >= 4 is 33.7 Å². The van der Waals surface area contributed by atoms with Gasteiger partial charge in [-0.3, -0.25) is 0 Å². The van der Waals surface area contributed by atoms with Crippen LogP contribution in [0.2, 0.25) is 0 Å². The van der Waals surface area contributed by atoms with E-state index in [0.29, 0.717) is 30.3 Å². The Bertz CT molecular complexity index is 1590. The minimum absolute atomic E-state index is 0.244. The monoisotopic (exact) mass is 527 g/mol. The first-order valence-corrected chi connectivity index (χ1v) is 14.3. The molecule has 0 bridgehead atoms. The predicted molar refractivity (Wildman–Crippen MR) is 154 cm³/mol. The Morgan fingerprint density at radius 3 is 2.51 bits per heavy atom. The molecule has 4 aromatic rings. The number of carboxylic acid groups (broad SMARTS) is 1. The summed E-state index contributed by atoms with van der Waals surface area (Å²) in [7, 11) is 1.42. The second kappa shape index (κ2) is 10.2. The number of carbonyl (C=O) groups excluding carboxylic acids is 1. The van der Waals surface area contributed by atoms with Gasteiger partial charge >= 0.3 is 11.9 Å². The number of benzene rings is 2. The summed E-state index contributed by atoms with van der Waals surface area (Å²) in [6, 6.07) is 12.5. The normalized spacial score (nSPS) is 15.9. The molecule has 1 aliphatic carbocycles. The fourth-order valence-corrected chi connectivity index (χ4v) is 6.96. The zero-order valence-corrected chi connectivity index (χ0v) is 23.0. The summed E-state index contributed by atoms with van der Waals surface area (Å²) < 4.78 is 9.50. The van der Waals surface area contributed by atoms with Crippen LogP contribution in [0.4, 0.5) is 0 Å². The van der Waals surface area contributed by atoms with Gasteiger partial charge in [-0.05, 0) is 42.9 Å². The zero-order valence-electron chi connectivity index (χ0n) is 23.0. The van der Waals surface area contributed by atoms with Crippen LogP contribution in [0.1, 0.15) is 90.3 Å². The van der Waals surface area contributed by atoms with Gasteiger partial charge in [0, 0.05) is 53.1 Å². The van der Waals surface area contributed by atoms with Gasteiger partial charge < -0.3 is 24.3 Å². The van der Waals surface area contributed by atoms with Crippen molar-refractivity contribution in [3.63, 3.8) is 0 Å². The molecule has 204 valence electrons. The van der Waals surface area contributed by atoms with E-state index in [1.165, 1.54) is 43.0 Å². The molecule has 0 unspecified atom stereocenters. The highest BCUT2D eigenvalue weighted by Gasteiger charge is 2.31. The Kier molecular flexibility index (Phi) is 6.71. The number of hydrogen-bond donors (Lipinski definition) is 2. The fourth-order valence-electron chi connectivity index (χ4n) is 6.96. The minimum Gasteiger partial charge on any atom is -0.477 e. The molecule has 0 atom stereocenters. The number of fused-ring (bicyclic) bond motifs is 4. The maximum Gasteiger partial charge on any atom is 0.352 e. The van der Waals surface area contributed by atoms with Crippen LogP contribution in [-0.2, 0) is 24.4 Å². The van der Waals surface area contributed by atoms with Crippen molar-refractivity contribution in [2.45, 2.75) is 84.0 Å². The average Bonchev–Trinajstić information content (AvgIpc) is 3.42. The van der Waals surface area contributed by atoms with E-state index in [-0.39, 0.29) is 12.0 Å². The van der Waals surface area contributed by atoms with Crippen molar-refractivity contribution in [3.05, 3.63) is 58.8 Å². The first kappa shape index (κ1) is 25.7. The molecule has 7 nitrogen and oxygen atoms in total. The van der Waals surface area contributed by atoms with E-state index in [4.69, 9.17) is 4.74 Å². The lowest BCUT2D eigenvalue weighted by Gasteiger charge is -2.25. The maximum atomic E-state index is 12.7. The van der Waals surface area contributed by atoms with Crippen molar-refractivity contribution in [1.29, 1.82) is 0 Å². The standard InChI is InChI=1S/C32H37N3O4/c1-19(2)33-18-25-22-11-7-12-24-28(22)35(30(25)31(36)37)16-8-15-34-26-17-21(32(38)39-3)13-14-23(26)27(29(24)34)20-9-5-4-6-10-20/h7,11-14,17,19-20,33H,4-6,8-10,15-16,18H2,1-3H3,(H,36,37). The molecule has 2 N–H and O–H groups in total. The Morgan fingerprint density at radius 2 is 1.79 bits per heavy atom. The van der Waals surface area contributed by atoms with E-state index in [2.05, 4.69) is 52.6 Å². The van der Waals surface area contributed by atoms with Crippen LogP contribution in [0, 0.1) is 0 Å². The number of methoxy groups -OCH3 is 1. The third kappa shape index (κ3) is 4.24. The Balaban J connectivity index is 1.69. The number of aromatic carboxylic acids is 1. The molecule has 6 rings (SSSR count). The lowest BCUT2D eigenvalue weighted by atomic mass is 9.81. The average molecular weight is 528 g/mol. The van der Waals surface area contributed by atoms with Crippen LogP contribution in [0.25, 0.3) is 33.1 Å². The number of aromatic nitrogens is 2. The van der Waals surface area contributed by atoms with E-state index < -0.39 is 5.97 Å². The molecule has 1 saturated carbocycles. The SMILES string of the molecule is COC(=O)c1ccc2c(C3CCCCC3)c3n(c2c1)CCCn1c(C(=O)O)c(CNC(C)C)c2cccc-3c21. The van der Waals surface area contributed by atoms with Crippen LogP contribution >= 0.6 is 0 Å². The Morgan fingerprint density at radius 1 is 1.03 bits per heavy atom. The number of esters is 1. The number of nitrogens with zero attached hydrogens (tertiary/aromatic N) is 2. The number of hydrogen-bond acceptors (Lipinski definition) is 4. The van der Waals surface area contributed by atoms with Gasteiger partial charge in [0.05, 0.1) is 23.9 Å². The summed E-state index contributed by atoms with van der Waals surface area (Å²) >= 11 is 0. The third-order valence-corrected chi connectivity index (χ3v) is 8.63. The molecular weight excluding hydrogens is 490 g/mol. The van der Waals surface area contributed by atoms with E-state index in [1.54, 1.807) is 0 Å². The van der Waals surface area contributed by atoms with Gasteiger partial charge in [0.2, 0.25) is 0 Å². The van der Waals surface area contributed by atoms with Crippen molar-refractivity contribution in [2.24, 2.45) is 0 Å². The Hall–Kier alpha value is -3.58. The Labute approximate surface area is 228 Å². The number of nitrogens with one attached hydrogen (secondary N) is 1. The van der Waals surface area contributed by atoms with Crippen LogP contribution in [0.15, 0.2) is 36.4 Å². The summed E-state index contributed by atoms with van der Waals surface area (Å²) in [5.74, 6) is -0.781. The lowest BCUT2D eigenvalue weighted by Crippen LogP contribution is -2.23. The number of aryl methyl sites for hydroxylation is 2. The first-order chi connectivity index (χ1) is 18.9. The van der Waals surface area contributed by atoms with E-state index in [9.17, 15) is 14.7 Å². The van der Waals surface area contributed by atoms with E-state index >= 15 is 0 Å². The second-order valence-electron chi connectivity index (χ2n) is 11.3. The molecule has 0 amide bonds. The van der Waals surface area contributed by atoms with Gasteiger partial charge in [-0.15, -0.1) is 0 Å². The number of rotatable bonds is 6. The highest BCUT2D eigenvalue weighted by molar-refractivity contribution is 6.06. The molecule has 0 saturated heterocycles. The zero-order chi connectivity index (χ0) is 27.3. The van der Waals surface area contributed by atoms with Gasteiger partial charge in [-0.2, -0.15) is 0 Å². The van der Waals surface area contributed by atoms with Crippen LogP contribution in [0.5, 0.6) is 0 Å². The van der Waals surface area contributed by atoms with Gasteiger partial charge in [0.15, 0.2) is 0 Å². The summed E-state index contributed by atoms with van der Waals surface area (Å²) in [5, 5.41) is 16.1. The van der Waals surface area contributed by atoms with Crippen molar-refractivity contribution in [3.8, 4) is 11.3 Å². The lowest BCUT2D eigenvalue weighted by molar-refractivity contribution is 0.0599. The number of carbonyl (C=O) groups is 2. The highest BCUT2D eigenvalue weighted by atomic mass is 16.5. The van der Waals surface area contributed by atoms with Gasteiger partial charge in [0.25, 0.3) is 0 Å². The smallest absolute Gasteiger partial charge is 0.352 e. The molecule has 3 heterocycles. The van der Waals surface area contributed by atoms with Crippen LogP contribution < -0.4 is 5.32 Å². The minimum atomic E-state index is -0.881. The molecule has 1 aliphatic heterocycles. The number of carboxylic acids is 1. The molecule has 2 aliphatic rings. The van der Waals surface area contributed by atoms with Gasteiger partial charge in [-0.25, -0.2) is 9.59 Å². The molecule has 39 heavy (non-hydrogen) atoms. The molecular formula is C32H37N3O4. The predicted octanol–water partition coefficient (Wildman–Crippen LogP) is 6.70. The van der Waals surface area contributed by atoms with Crippen molar-refractivity contribution in [1.82, 2.24) is 14.5 Å². The molecule has 0 spiro atoms. The fraction of sp³-hybridized carbons (Fsp3) is 0.438.